The molecule has 1 atom stereocenters. The van der Waals surface area contributed by atoms with E-state index in [1.54, 1.807) is 0 Å². The zero-order valence-corrected chi connectivity index (χ0v) is 11.6. The molecule has 1 heterocycles. The zero-order chi connectivity index (χ0) is 13.2. The molecule has 2 aromatic rings. The normalized spacial score (nSPS) is 14.0. The van der Waals surface area contributed by atoms with E-state index in [1.807, 2.05) is 22.9 Å². The average molecular weight is 245 g/mol. The Kier molecular flexibility index (Phi) is 3.76. The molecule has 0 fully saturated rings. The summed E-state index contributed by atoms with van der Waals surface area (Å²) in [6, 6.07) is 10.3. The van der Waals surface area contributed by atoms with Crippen LogP contribution in [0.2, 0.25) is 0 Å². The van der Waals surface area contributed by atoms with Crippen LogP contribution in [0.25, 0.3) is 10.9 Å². The van der Waals surface area contributed by atoms with Crippen LogP contribution in [0.4, 0.5) is 0 Å². The van der Waals surface area contributed by atoms with E-state index in [0.717, 1.165) is 24.8 Å². The van der Waals surface area contributed by atoms with Gasteiger partial charge in [-0.25, -0.2) is 0 Å². The van der Waals surface area contributed by atoms with E-state index in [1.165, 1.54) is 5.39 Å². The molecule has 98 valence electrons. The summed E-state index contributed by atoms with van der Waals surface area (Å²) < 4.78 is 2.02. The highest BCUT2D eigenvalue weighted by Crippen LogP contribution is 2.41. The molecule has 1 unspecified atom stereocenters. The quantitative estimate of drug-likeness (QED) is 0.832. The van der Waals surface area contributed by atoms with Crippen LogP contribution in [0, 0.1) is 5.41 Å². The molecular weight excluding hydrogens is 222 g/mol. The number of benzene rings is 1. The fraction of sp³-hybridized carbons (Fsp3) is 0.500. The van der Waals surface area contributed by atoms with Gasteiger partial charge in [0, 0.05) is 11.6 Å². The summed E-state index contributed by atoms with van der Waals surface area (Å²) in [5.74, 6) is 0. The van der Waals surface area contributed by atoms with Gasteiger partial charge >= 0.3 is 0 Å². The number of para-hydroxylation sites is 1. The predicted octanol–water partition coefficient (Wildman–Crippen LogP) is 4.35. The molecule has 0 aliphatic carbocycles. The first-order valence-electron chi connectivity index (χ1n) is 6.92. The maximum atomic E-state index is 10.8. The van der Waals surface area contributed by atoms with Crippen molar-refractivity contribution in [3.05, 3.63) is 36.5 Å². The Bertz CT molecular complexity index is 502. The number of hydrogen-bond acceptors (Lipinski definition) is 1. The van der Waals surface area contributed by atoms with Gasteiger partial charge in [0.2, 0.25) is 0 Å². The van der Waals surface area contributed by atoms with Crippen molar-refractivity contribution in [2.24, 2.45) is 5.41 Å². The van der Waals surface area contributed by atoms with Crippen LogP contribution in [0.1, 0.15) is 46.3 Å². The van der Waals surface area contributed by atoms with Crippen molar-refractivity contribution in [1.82, 2.24) is 4.57 Å². The lowest BCUT2D eigenvalue weighted by Crippen LogP contribution is -2.30. The second-order valence-corrected chi connectivity index (χ2v) is 5.08. The summed E-state index contributed by atoms with van der Waals surface area (Å²) in [6.07, 6.45) is 4.54. The van der Waals surface area contributed by atoms with E-state index in [0.29, 0.717) is 0 Å². The number of rotatable bonds is 5. The van der Waals surface area contributed by atoms with Gasteiger partial charge < -0.3 is 9.67 Å². The third-order valence-corrected chi connectivity index (χ3v) is 4.55. The average Bonchev–Trinajstić information content (AvgIpc) is 2.85. The Balaban J connectivity index is 2.47. The Morgan fingerprint density at radius 3 is 2.28 bits per heavy atom. The first-order valence-corrected chi connectivity index (χ1v) is 6.92. The molecule has 0 amide bonds. The summed E-state index contributed by atoms with van der Waals surface area (Å²) in [5, 5.41) is 12.0. The predicted molar refractivity (Wildman–Crippen MR) is 76.5 cm³/mol. The number of nitrogens with zero attached hydrogens (tertiary/aromatic N) is 1. The summed E-state index contributed by atoms with van der Waals surface area (Å²) in [4.78, 5) is 0. The van der Waals surface area contributed by atoms with Crippen LogP contribution in [-0.2, 0) is 0 Å². The molecule has 2 heteroatoms. The Labute approximate surface area is 109 Å². The van der Waals surface area contributed by atoms with Crippen LogP contribution in [0.15, 0.2) is 36.5 Å². The van der Waals surface area contributed by atoms with E-state index >= 15 is 0 Å². The molecule has 0 saturated heterocycles. The third kappa shape index (κ3) is 1.95. The van der Waals surface area contributed by atoms with Crippen molar-refractivity contribution in [2.75, 3.05) is 0 Å². The second-order valence-electron chi connectivity index (χ2n) is 5.08. The zero-order valence-electron chi connectivity index (χ0n) is 11.6. The van der Waals surface area contributed by atoms with Crippen molar-refractivity contribution in [3.63, 3.8) is 0 Å². The van der Waals surface area contributed by atoms with Crippen LogP contribution >= 0.6 is 0 Å². The molecule has 1 aromatic heterocycles. The topological polar surface area (TPSA) is 25.2 Å². The third-order valence-electron chi connectivity index (χ3n) is 4.55. The minimum Gasteiger partial charge on any atom is -0.373 e. The second kappa shape index (κ2) is 5.15. The molecule has 2 rings (SSSR count). The fourth-order valence-corrected chi connectivity index (χ4v) is 2.91. The fourth-order valence-electron chi connectivity index (χ4n) is 2.91. The Morgan fingerprint density at radius 1 is 1.06 bits per heavy atom. The number of hydrogen-bond donors (Lipinski definition) is 1. The van der Waals surface area contributed by atoms with Crippen molar-refractivity contribution < 1.29 is 5.11 Å². The van der Waals surface area contributed by atoms with Crippen LogP contribution in [-0.4, -0.2) is 9.67 Å². The lowest BCUT2D eigenvalue weighted by molar-refractivity contribution is -0.0385. The molecule has 0 aliphatic heterocycles. The molecule has 1 aromatic carbocycles. The molecule has 0 spiro atoms. The Morgan fingerprint density at radius 2 is 1.67 bits per heavy atom. The standard InChI is InChI=1S/C16H23NO/c1-4-16(5-2,6-3)15(18)17-12-11-13-9-7-8-10-14(13)17/h7-12,15,18H,4-6H2,1-3H3. The van der Waals surface area contributed by atoms with Crippen LogP contribution in [0.3, 0.4) is 0 Å². The van der Waals surface area contributed by atoms with Gasteiger partial charge in [-0.05, 0) is 36.8 Å². The van der Waals surface area contributed by atoms with Crippen LogP contribution < -0.4 is 0 Å². The smallest absolute Gasteiger partial charge is 0.136 e. The summed E-state index contributed by atoms with van der Waals surface area (Å²) in [5.41, 5.74) is 1.09. The largest absolute Gasteiger partial charge is 0.373 e. The number of aliphatic hydroxyl groups is 1. The summed E-state index contributed by atoms with van der Waals surface area (Å²) in [7, 11) is 0. The highest BCUT2D eigenvalue weighted by molar-refractivity contribution is 5.80. The molecule has 1 N–H and O–H groups in total. The van der Waals surface area contributed by atoms with Crippen molar-refractivity contribution >= 4 is 10.9 Å². The van der Waals surface area contributed by atoms with Crippen LogP contribution in [0.5, 0.6) is 0 Å². The molecule has 0 aliphatic rings. The van der Waals surface area contributed by atoms with Gasteiger partial charge in [-0.15, -0.1) is 0 Å². The summed E-state index contributed by atoms with van der Waals surface area (Å²) >= 11 is 0. The molecule has 0 radical (unpaired) electrons. The SMILES string of the molecule is CCC(CC)(CC)C(O)n1ccc2ccccc21. The lowest BCUT2D eigenvalue weighted by Gasteiger charge is -2.36. The van der Waals surface area contributed by atoms with E-state index in [-0.39, 0.29) is 5.41 Å². The molecular formula is C16H23NO. The first kappa shape index (κ1) is 13.2. The number of fused-ring (bicyclic) bond motifs is 1. The minimum atomic E-state index is -0.447. The summed E-state index contributed by atoms with van der Waals surface area (Å²) in [6.45, 7) is 6.51. The molecule has 0 bridgehead atoms. The lowest BCUT2D eigenvalue weighted by atomic mass is 9.78. The van der Waals surface area contributed by atoms with E-state index in [4.69, 9.17) is 0 Å². The van der Waals surface area contributed by atoms with E-state index < -0.39 is 6.23 Å². The van der Waals surface area contributed by atoms with Gasteiger partial charge in [-0.2, -0.15) is 0 Å². The minimum absolute atomic E-state index is 0.0260. The van der Waals surface area contributed by atoms with Crippen molar-refractivity contribution in [3.8, 4) is 0 Å². The van der Waals surface area contributed by atoms with Gasteiger partial charge in [-0.3, -0.25) is 0 Å². The maximum absolute atomic E-state index is 10.8. The van der Waals surface area contributed by atoms with Crippen molar-refractivity contribution in [1.29, 1.82) is 0 Å². The number of aliphatic hydroxyl groups excluding tert-OH is 1. The molecule has 2 nitrogen and oxygen atoms in total. The first-order chi connectivity index (χ1) is 8.68. The van der Waals surface area contributed by atoms with Gasteiger partial charge in [0.25, 0.3) is 0 Å². The van der Waals surface area contributed by atoms with Gasteiger partial charge in [0.05, 0.1) is 5.52 Å². The molecule has 0 saturated carbocycles. The highest BCUT2D eigenvalue weighted by atomic mass is 16.3. The van der Waals surface area contributed by atoms with E-state index in [2.05, 4.69) is 39.0 Å². The number of aromatic nitrogens is 1. The van der Waals surface area contributed by atoms with Crippen molar-refractivity contribution in [2.45, 2.75) is 46.3 Å². The highest BCUT2D eigenvalue weighted by Gasteiger charge is 2.34. The van der Waals surface area contributed by atoms with Gasteiger partial charge in [0.1, 0.15) is 6.23 Å². The van der Waals surface area contributed by atoms with Gasteiger partial charge in [0.15, 0.2) is 0 Å². The van der Waals surface area contributed by atoms with Gasteiger partial charge in [-0.1, -0.05) is 39.0 Å². The van der Waals surface area contributed by atoms with E-state index in [9.17, 15) is 5.11 Å². The maximum Gasteiger partial charge on any atom is 0.136 e. The monoisotopic (exact) mass is 245 g/mol. The molecule has 18 heavy (non-hydrogen) atoms. The Hall–Kier alpha value is -1.28.